The van der Waals surface area contributed by atoms with Gasteiger partial charge in [0.1, 0.15) is 12.0 Å². The lowest BCUT2D eigenvalue weighted by Gasteiger charge is -2.16. The molecule has 0 aliphatic carbocycles. The number of rotatable bonds is 27. The predicted octanol–water partition coefficient (Wildman–Crippen LogP) is 8.85. The molecule has 382 valence electrons. The Morgan fingerprint density at radius 3 is 1.09 bits per heavy atom. The van der Waals surface area contributed by atoms with Gasteiger partial charge in [0.05, 0.1) is 52.2 Å². The molecule has 0 aliphatic heterocycles. The van der Waals surface area contributed by atoms with Gasteiger partial charge in [0, 0.05) is 46.0 Å². The van der Waals surface area contributed by atoms with Crippen molar-refractivity contribution in [2.45, 2.75) is 112 Å². The largest absolute Gasteiger partial charge is 0.469 e. The van der Waals surface area contributed by atoms with E-state index in [-0.39, 0.29) is 91.8 Å². The molecule has 18 nitrogen and oxygen atoms in total. The lowest BCUT2D eigenvalue weighted by Crippen LogP contribution is -2.33. The van der Waals surface area contributed by atoms with Crippen LogP contribution in [0, 0.1) is 35.5 Å². The van der Waals surface area contributed by atoms with Gasteiger partial charge >= 0.3 is 30.0 Å². The maximum Gasteiger partial charge on any atom is 0.319 e. The summed E-state index contributed by atoms with van der Waals surface area (Å²) in [5, 5.41) is 18.6. The summed E-state index contributed by atoms with van der Waals surface area (Å²) in [6.45, 7) is 11.9. The molecule has 0 aliphatic rings. The number of methoxy groups -OCH3 is 3. The van der Waals surface area contributed by atoms with Crippen molar-refractivity contribution in [1.29, 1.82) is 0 Å². The molecule has 4 unspecified atom stereocenters. The van der Waals surface area contributed by atoms with Crippen LogP contribution in [0.3, 0.4) is 0 Å². The maximum atomic E-state index is 11.9. The molecule has 0 aromatic heterocycles. The number of esters is 3. The zero-order valence-electron chi connectivity index (χ0n) is 40.8. The number of benzene rings is 2. The van der Waals surface area contributed by atoms with Crippen LogP contribution in [0.2, 0.25) is 0 Å². The minimum absolute atomic E-state index is 0.0634. The third-order valence-corrected chi connectivity index (χ3v) is 10.9. The number of hydrogen-bond acceptors (Lipinski definition) is 14. The second-order valence-electron chi connectivity index (χ2n) is 17.3. The summed E-state index contributed by atoms with van der Waals surface area (Å²) in [6, 6.07) is 13.3. The van der Waals surface area contributed by atoms with Crippen molar-refractivity contribution in [2.24, 2.45) is 41.2 Å². The van der Waals surface area contributed by atoms with Crippen molar-refractivity contribution in [3.63, 3.8) is 0 Å². The first-order chi connectivity index (χ1) is 32.0. The number of ether oxygens (including phenoxy) is 3. The lowest BCUT2D eigenvalue weighted by atomic mass is 9.91. The molecule has 20 heteroatoms. The van der Waals surface area contributed by atoms with E-state index in [4.69, 9.17) is 25.2 Å². The minimum Gasteiger partial charge on any atom is -0.469 e. The fraction of sp³-hybridized carbons (Fsp3) is 0.583. The number of anilines is 2. The molecule has 2 rings (SSSR count). The van der Waals surface area contributed by atoms with E-state index in [2.05, 4.69) is 58.0 Å². The molecule has 0 saturated heterocycles. The van der Waals surface area contributed by atoms with Crippen LogP contribution in [-0.2, 0) is 47.9 Å². The summed E-state index contributed by atoms with van der Waals surface area (Å²) in [7, 11) is 4.05. The van der Waals surface area contributed by atoms with Gasteiger partial charge in [-0.2, -0.15) is 0 Å². The molecule has 0 saturated carbocycles. The van der Waals surface area contributed by atoms with E-state index in [1.807, 2.05) is 65.8 Å². The smallest absolute Gasteiger partial charge is 0.319 e. The second kappa shape index (κ2) is 36.3. The van der Waals surface area contributed by atoms with Crippen LogP contribution in [0.15, 0.2) is 57.5 Å². The Morgan fingerprint density at radius 1 is 0.529 bits per heavy atom. The van der Waals surface area contributed by atoms with E-state index in [9.17, 15) is 38.4 Å². The highest BCUT2D eigenvalue weighted by molar-refractivity contribution is 9.10. The van der Waals surface area contributed by atoms with Crippen molar-refractivity contribution < 1.29 is 62.7 Å². The molecular formula is C48H73Br2N5O13. The van der Waals surface area contributed by atoms with Crippen LogP contribution in [0.4, 0.5) is 21.0 Å². The number of hydrogen-bond donors (Lipinski definition) is 6. The van der Waals surface area contributed by atoms with Gasteiger partial charge < -0.3 is 41.2 Å². The number of carbonyl (C=O) groups is 8. The van der Waals surface area contributed by atoms with Crippen LogP contribution in [-0.4, -0.2) is 93.2 Å². The van der Waals surface area contributed by atoms with Gasteiger partial charge in [0.2, 0.25) is 0 Å². The quantitative estimate of drug-likeness (QED) is 0.0160. The van der Waals surface area contributed by atoms with Crippen LogP contribution >= 0.6 is 31.9 Å². The average molecular weight is 1090 g/mol. The Bertz CT molecular complexity index is 1740. The molecule has 4 atom stereocenters. The van der Waals surface area contributed by atoms with Crippen LogP contribution in [0.5, 0.6) is 0 Å². The van der Waals surface area contributed by atoms with Crippen LogP contribution in [0.1, 0.15) is 106 Å². The summed E-state index contributed by atoms with van der Waals surface area (Å²) in [6.07, 6.45) is 2.95. The first kappa shape index (κ1) is 63.2. The topological polar surface area (TPSA) is 268 Å². The van der Waals surface area contributed by atoms with Gasteiger partial charge in [0.25, 0.3) is 0 Å². The average Bonchev–Trinajstić information content (AvgIpc) is 3.29. The number of Topliss-reactive ketones (excluding diaryl/α,β-unsaturated/α-hetero) is 3. The normalized spacial score (nSPS) is 12.4. The van der Waals surface area contributed by atoms with Crippen molar-refractivity contribution in [1.82, 2.24) is 10.6 Å². The highest BCUT2D eigenvalue weighted by Gasteiger charge is 2.24. The second-order valence-corrected chi connectivity index (χ2v) is 19.1. The predicted molar refractivity (Wildman–Crippen MR) is 266 cm³/mol. The molecule has 0 bridgehead atoms. The Labute approximate surface area is 417 Å². The SMILES string of the molecule is COC(=O)C(CCC(=O)CC(N)OO)CC(C)C.COC(=O)C(CCC(=O)CNC(=O)Nc1ccc(Br)cc1)CC(C)C.COC(=O)C(CCC(=O)CNC(=O)Nc1ccc(Br)cc1)CC(C)C. The van der Waals surface area contributed by atoms with Gasteiger partial charge in [-0.25, -0.2) is 14.5 Å². The fourth-order valence-electron chi connectivity index (χ4n) is 6.52. The third-order valence-electron chi connectivity index (χ3n) is 9.85. The van der Waals surface area contributed by atoms with E-state index in [0.717, 1.165) is 8.95 Å². The highest BCUT2D eigenvalue weighted by atomic mass is 79.9. The van der Waals surface area contributed by atoms with E-state index in [1.165, 1.54) is 21.3 Å². The zero-order chi connectivity index (χ0) is 51.8. The Hall–Kier alpha value is -4.76. The molecule has 2 aromatic rings. The Kier molecular flexibility index (Phi) is 33.7. The molecule has 0 fully saturated rings. The minimum atomic E-state index is -1.00. The number of ketones is 3. The highest BCUT2D eigenvalue weighted by Crippen LogP contribution is 2.22. The molecular weight excluding hydrogens is 1010 g/mol. The number of nitrogens with one attached hydrogen (secondary N) is 4. The number of urea groups is 2. The van der Waals surface area contributed by atoms with E-state index < -0.39 is 18.3 Å². The summed E-state index contributed by atoms with van der Waals surface area (Å²) in [4.78, 5) is 97.8. The Balaban J connectivity index is 0.00000101. The summed E-state index contributed by atoms with van der Waals surface area (Å²) in [5.41, 5.74) is 6.53. The first-order valence-electron chi connectivity index (χ1n) is 22.5. The van der Waals surface area contributed by atoms with Gasteiger partial charge in [-0.15, -0.1) is 0 Å². The molecule has 0 heterocycles. The molecule has 0 radical (unpaired) electrons. The lowest BCUT2D eigenvalue weighted by molar-refractivity contribution is -0.276. The van der Waals surface area contributed by atoms with Crippen LogP contribution < -0.4 is 27.0 Å². The van der Waals surface area contributed by atoms with Crippen molar-refractivity contribution in [3.05, 3.63) is 57.5 Å². The summed E-state index contributed by atoms with van der Waals surface area (Å²) < 4.78 is 16.1. The maximum absolute atomic E-state index is 11.9. The van der Waals surface area contributed by atoms with Crippen LogP contribution in [0.25, 0.3) is 0 Å². The third kappa shape index (κ3) is 31.3. The standard InChI is InChI=1S/2C18H25BrN2O4.C12H23NO5/c2*1-12(2)10-13(17(23)25-3)4-9-16(22)11-20-18(24)21-15-7-5-14(19)6-8-15;1-8(2)6-9(12(15)17-3)4-5-10(14)7-11(13)18-16/h2*5-8,12-13H,4,9-11H2,1-3H3,(H2,20,21,24);8-9,11,16H,4-7,13H2,1-3H3. The van der Waals surface area contributed by atoms with Gasteiger partial charge in [-0.1, -0.05) is 73.4 Å². The number of nitrogens with two attached hydrogens (primary N) is 1. The van der Waals surface area contributed by atoms with Crippen molar-refractivity contribution in [3.8, 4) is 0 Å². The van der Waals surface area contributed by atoms with E-state index >= 15 is 0 Å². The zero-order valence-corrected chi connectivity index (χ0v) is 44.0. The fourth-order valence-corrected chi connectivity index (χ4v) is 7.05. The van der Waals surface area contributed by atoms with Gasteiger partial charge in [0.15, 0.2) is 11.6 Å². The monoisotopic (exact) mass is 1090 g/mol. The van der Waals surface area contributed by atoms with E-state index in [0.29, 0.717) is 67.7 Å². The molecule has 2 aromatic carbocycles. The van der Waals surface area contributed by atoms with Gasteiger partial charge in [-0.05, 0) is 105 Å². The molecule has 7 N–H and O–H groups in total. The van der Waals surface area contributed by atoms with Crippen molar-refractivity contribution in [2.75, 3.05) is 45.1 Å². The van der Waals surface area contributed by atoms with E-state index in [1.54, 1.807) is 24.3 Å². The summed E-state index contributed by atoms with van der Waals surface area (Å²) in [5.74, 6) is -1.07. The molecule has 68 heavy (non-hydrogen) atoms. The molecule has 4 amide bonds. The number of halogens is 2. The van der Waals surface area contributed by atoms with Gasteiger partial charge in [-0.3, -0.25) is 34.0 Å². The Morgan fingerprint density at radius 2 is 0.824 bits per heavy atom. The number of carbonyl (C=O) groups excluding carboxylic acids is 8. The summed E-state index contributed by atoms with van der Waals surface area (Å²) >= 11 is 6.63. The molecule has 0 spiro atoms. The first-order valence-corrected chi connectivity index (χ1v) is 24.1. The number of amides is 4. The van der Waals surface area contributed by atoms with Crippen molar-refractivity contribution >= 4 is 90.6 Å².